The van der Waals surface area contributed by atoms with Crippen LogP contribution < -0.4 is 19.5 Å². The average molecular weight is 659 g/mol. The molecule has 1 spiro atoms. The number of carboxylic acid groups (broad SMARTS) is 1. The molecule has 0 bridgehead atoms. The van der Waals surface area contributed by atoms with Crippen molar-refractivity contribution < 1.29 is 24.1 Å². The van der Waals surface area contributed by atoms with Crippen molar-refractivity contribution in [2.24, 2.45) is 11.8 Å². The summed E-state index contributed by atoms with van der Waals surface area (Å²) in [4.78, 5) is 17.6. The summed E-state index contributed by atoms with van der Waals surface area (Å²) >= 11 is 6.27. The Morgan fingerprint density at radius 2 is 1.96 bits per heavy atom. The first-order chi connectivity index (χ1) is 22.7. The average Bonchev–Trinajstić information content (AvgIpc) is 3.18. The van der Waals surface area contributed by atoms with Crippen LogP contribution in [0.3, 0.4) is 0 Å². The summed E-state index contributed by atoms with van der Waals surface area (Å²) in [6, 6.07) is 13.8. The van der Waals surface area contributed by atoms with Gasteiger partial charge in [-0.25, -0.2) is 4.79 Å². The molecule has 47 heavy (non-hydrogen) atoms. The van der Waals surface area contributed by atoms with Crippen LogP contribution in [0.1, 0.15) is 100 Å². The van der Waals surface area contributed by atoms with E-state index in [0.717, 1.165) is 61.5 Å². The van der Waals surface area contributed by atoms with Gasteiger partial charge in [-0.3, -0.25) is 4.98 Å². The van der Waals surface area contributed by atoms with Crippen LogP contribution in [0.15, 0.2) is 48.7 Å². The van der Waals surface area contributed by atoms with Crippen molar-refractivity contribution in [3.63, 3.8) is 0 Å². The van der Waals surface area contributed by atoms with E-state index in [9.17, 15) is 9.90 Å². The lowest BCUT2D eigenvalue weighted by Crippen LogP contribution is -2.53. The van der Waals surface area contributed by atoms with E-state index in [1.165, 1.54) is 35.2 Å². The number of benzene rings is 2. The predicted octanol–water partition coefficient (Wildman–Crippen LogP) is 8.75. The molecule has 4 aliphatic rings. The van der Waals surface area contributed by atoms with Gasteiger partial charge in [0.25, 0.3) is 0 Å². The fraction of sp³-hybridized carbons (Fsp3) is 0.538. The summed E-state index contributed by atoms with van der Waals surface area (Å²) < 4.78 is 19.1. The second kappa shape index (κ2) is 12.9. The normalized spacial score (nSPS) is 28.6. The molecule has 2 aromatic carbocycles. The molecule has 2 heterocycles. The van der Waals surface area contributed by atoms with Crippen molar-refractivity contribution in [3.8, 4) is 17.2 Å². The molecule has 1 saturated carbocycles. The van der Waals surface area contributed by atoms with Gasteiger partial charge in [-0.05, 0) is 135 Å². The molecule has 4 atom stereocenters. The van der Waals surface area contributed by atoms with Crippen molar-refractivity contribution in [1.29, 1.82) is 0 Å². The van der Waals surface area contributed by atoms with Crippen molar-refractivity contribution in [1.82, 2.24) is 4.98 Å². The summed E-state index contributed by atoms with van der Waals surface area (Å²) in [7, 11) is 0. The molecule has 3 aliphatic carbocycles. The minimum Gasteiger partial charge on any atom is -0.493 e. The highest BCUT2D eigenvalue weighted by Crippen LogP contribution is 2.58. The molecule has 1 aromatic heterocycles. The number of ether oxygens (including phenoxy) is 3. The fourth-order valence-corrected chi connectivity index (χ4v) is 9.12. The van der Waals surface area contributed by atoms with Crippen LogP contribution in [0.4, 0.5) is 5.69 Å². The Bertz CT molecular complexity index is 1630. The van der Waals surface area contributed by atoms with E-state index in [2.05, 4.69) is 43.2 Å². The quantitative estimate of drug-likeness (QED) is 0.250. The van der Waals surface area contributed by atoms with Crippen molar-refractivity contribution in [2.45, 2.75) is 108 Å². The maximum Gasteiger partial charge on any atom is 0.329 e. The predicted molar refractivity (Wildman–Crippen MR) is 184 cm³/mol. The van der Waals surface area contributed by atoms with Gasteiger partial charge in [0.05, 0.1) is 19.3 Å². The first-order valence-electron chi connectivity index (χ1n) is 17.5. The molecule has 250 valence electrons. The highest BCUT2D eigenvalue weighted by molar-refractivity contribution is 6.30. The highest BCUT2D eigenvalue weighted by Gasteiger charge is 2.54. The first kappa shape index (κ1) is 32.1. The lowest BCUT2D eigenvalue weighted by Gasteiger charge is -2.47. The molecule has 7 nitrogen and oxygen atoms in total. The number of aryl methyl sites for hydroxylation is 1. The number of carbonyl (C=O) groups is 1. The van der Waals surface area contributed by atoms with E-state index in [-0.39, 0.29) is 11.5 Å². The van der Waals surface area contributed by atoms with Crippen molar-refractivity contribution >= 4 is 23.3 Å². The van der Waals surface area contributed by atoms with Gasteiger partial charge in [-0.1, -0.05) is 31.5 Å². The Morgan fingerprint density at radius 1 is 1.13 bits per heavy atom. The number of pyridine rings is 1. The summed E-state index contributed by atoms with van der Waals surface area (Å²) in [5.41, 5.74) is 4.62. The molecule has 7 rings (SSSR count). The van der Waals surface area contributed by atoms with Crippen LogP contribution in [0.25, 0.3) is 0 Å². The van der Waals surface area contributed by atoms with Gasteiger partial charge in [0.1, 0.15) is 11.3 Å². The number of halogens is 1. The SMILES string of the molecule is CC1CCOc2cc3c(cc2O1)C1(CCC(Nc2cccc(Cl)c2)(C(=O)O)CC1)C(C[C@@H](C)COc1ccnc2c1[C@H](C)CCC2)C3. The first-order valence-corrected chi connectivity index (χ1v) is 17.9. The van der Waals surface area contributed by atoms with Gasteiger partial charge in [0, 0.05) is 34.6 Å². The number of carboxylic acids is 1. The van der Waals surface area contributed by atoms with Crippen LogP contribution in [-0.2, 0) is 23.1 Å². The monoisotopic (exact) mass is 658 g/mol. The molecule has 0 saturated heterocycles. The highest BCUT2D eigenvalue weighted by atomic mass is 35.5. The van der Waals surface area contributed by atoms with Crippen LogP contribution >= 0.6 is 11.6 Å². The van der Waals surface area contributed by atoms with Gasteiger partial charge in [-0.15, -0.1) is 0 Å². The summed E-state index contributed by atoms with van der Waals surface area (Å²) in [6.45, 7) is 7.95. The second-order valence-corrected chi connectivity index (χ2v) is 15.2. The number of anilines is 1. The zero-order valence-corrected chi connectivity index (χ0v) is 28.6. The molecule has 1 aliphatic heterocycles. The standard InChI is InChI=1S/C39H47ClN2O5/c1-24(23-46-33-10-16-41-32-9-4-6-25(2)36(32)33)18-28-19-27-20-34-35(47-26(3)11-17-45-34)22-31(27)38(28)12-14-39(15-13-38,37(43)44)42-30-8-5-7-29(40)21-30/h5,7-8,10,16,20-22,24-26,28,42H,4,6,9,11-15,17-19,23H2,1-3H3,(H,43,44)/t24-,25-,26?,28?,38?,39?/m1/s1. The third-order valence-corrected chi connectivity index (χ3v) is 11.7. The minimum absolute atomic E-state index is 0.0779. The number of nitrogens with one attached hydrogen (secondary N) is 1. The van der Waals surface area contributed by atoms with Crippen LogP contribution in [0, 0.1) is 11.8 Å². The molecule has 1 fully saturated rings. The number of fused-ring (bicyclic) bond motifs is 4. The van der Waals surface area contributed by atoms with E-state index >= 15 is 0 Å². The summed E-state index contributed by atoms with van der Waals surface area (Å²) in [6.07, 6.45) is 10.7. The molecule has 8 heteroatoms. The second-order valence-electron chi connectivity index (χ2n) is 14.7. The zero-order valence-electron chi connectivity index (χ0n) is 27.8. The Labute approximate surface area is 283 Å². The van der Waals surface area contributed by atoms with Crippen molar-refractivity contribution in [3.05, 3.63) is 76.1 Å². The third-order valence-electron chi connectivity index (χ3n) is 11.5. The minimum atomic E-state index is -1.06. The van der Waals surface area contributed by atoms with E-state index in [4.69, 9.17) is 25.8 Å². The van der Waals surface area contributed by atoms with E-state index < -0.39 is 11.5 Å². The van der Waals surface area contributed by atoms with Crippen LogP contribution in [0.5, 0.6) is 17.2 Å². The zero-order chi connectivity index (χ0) is 32.8. The molecule has 0 radical (unpaired) electrons. The van der Waals surface area contributed by atoms with Gasteiger partial charge in [0.2, 0.25) is 0 Å². The van der Waals surface area contributed by atoms with Crippen molar-refractivity contribution in [2.75, 3.05) is 18.5 Å². The maximum absolute atomic E-state index is 12.9. The third kappa shape index (κ3) is 6.16. The number of rotatable bonds is 8. The molecule has 0 amide bonds. The Balaban J connectivity index is 1.16. The number of hydrogen-bond acceptors (Lipinski definition) is 6. The molecular weight excluding hydrogens is 612 g/mol. The topological polar surface area (TPSA) is 89.9 Å². The van der Waals surface area contributed by atoms with Crippen LogP contribution in [0.2, 0.25) is 5.02 Å². The Hall–Kier alpha value is -3.45. The Morgan fingerprint density at radius 3 is 2.74 bits per heavy atom. The number of nitrogens with zero attached hydrogens (tertiary/aromatic N) is 1. The summed E-state index contributed by atoms with van der Waals surface area (Å²) in [5, 5.41) is 14.6. The lowest BCUT2D eigenvalue weighted by molar-refractivity contribution is -0.144. The van der Waals surface area contributed by atoms with Gasteiger partial charge >= 0.3 is 5.97 Å². The summed E-state index contributed by atoms with van der Waals surface area (Å²) in [5.74, 6) is 2.94. The molecule has 2 unspecified atom stereocenters. The van der Waals surface area contributed by atoms with Gasteiger partial charge in [0.15, 0.2) is 11.5 Å². The van der Waals surface area contributed by atoms with Gasteiger partial charge < -0.3 is 24.6 Å². The number of aromatic nitrogens is 1. The molecular formula is C39H47ClN2O5. The van der Waals surface area contributed by atoms with E-state index in [1.807, 2.05) is 24.4 Å². The number of hydrogen-bond donors (Lipinski definition) is 2. The molecule has 2 N–H and O–H groups in total. The van der Waals surface area contributed by atoms with Crippen LogP contribution in [-0.4, -0.2) is 40.9 Å². The maximum atomic E-state index is 12.9. The molecule has 3 aromatic rings. The number of aliphatic carboxylic acids is 1. The lowest BCUT2D eigenvalue weighted by atomic mass is 9.59. The Kier molecular flexibility index (Phi) is 8.79. The fourth-order valence-electron chi connectivity index (χ4n) is 8.93. The largest absolute Gasteiger partial charge is 0.493 e. The van der Waals surface area contributed by atoms with Gasteiger partial charge in [-0.2, -0.15) is 0 Å². The smallest absolute Gasteiger partial charge is 0.329 e. The van der Waals surface area contributed by atoms with E-state index in [0.29, 0.717) is 48.8 Å². The van der Waals surface area contributed by atoms with E-state index in [1.54, 1.807) is 12.1 Å².